The molecule has 1 aliphatic carbocycles. The van der Waals surface area contributed by atoms with Crippen LogP contribution in [-0.2, 0) is 0 Å². The maximum absolute atomic E-state index is 3.63. The summed E-state index contributed by atoms with van der Waals surface area (Å²) in [7, 11) is 2.24. The highest BCUT2D eigenvalue weighted by Gasteiger charge is 2.27. The van der Waals surface area contributed by atoms with Crippen molar-refractivity contribution >= 4 is 0 Å². The van der Waals surface area contributed by atoms with E-state index in [-0.39, 0.29) is 0 Å². The SMILES string of the molecule is CCN[C@@H]1CCC[C@@H](N2CCN(C)CC2)C1. The molecular weight excluding hydrogens is 198 g/mol. The topological polar surface area (TPSA) is 18.5 Å². The molecule has 16 heavy (non-hydrogen) atoms. The third kappa shape index (κ3) is 3.19. The summed E-state index contributed by atoms with van der Waals surface area (Å²) in [6.07, 6.45) is 5.59. The average Bonchev–Trinajstić information content (AvgIpc) is 2.31. The van der Waals surface area contributed by atoms with E-state index in [9.17, 15) is 0 Å². The van der Waals surface area contributed by atoms with Crippen LogP contribution in [0.5, 0.6) is 0 Å². The van der Waals surface area contributed by atoms with Gasteiger partial charge in [-0.05, 0) is 32.9 Å². The van der Waals surface area contributed by atoms with E-state index in [1.165, 1.54) is 51.9 Å². The summed E-state index contributed by atoms with van der Waals surface area (Å²) in [5, 5.41) is 3.63. The number of rotatable bonds is 3. The highest BCUT2D eigenvalue weighted by atomic mass is 15.3. The Morgan fingerprint density at radius 3 is 2.56 bits per heavy atom. The minimum atomic E-state index is 0.781. The number of hydrogen-bond acceptors (Lipinski definition) is 3. The minimum absolute atomic E-state index is 0.781. The predicted molar refractivity (Wildman–Crippen MR) is 68.8 cm³/mol. The molecule has 0 amide bonds. The van der Waals surface area contributed by atoms with Gasteiger partial charge in [0.15, 0.2) is 0 Å². The van der Waals surface area contributed by atoms with Crippen LogP contribution in [0.1, 0.15) is 32.6 Å². The van der Waals surface area contributed by atoms with E-state index in [1.54, 1.807) is 0 Å². The molecule has 94 valence electrons. The first-order valence-corrected chi connectivity index (χ1v) is 6.95. The summed E-state index contributed by atoms with van der Waals surface area (Å²) < 4.78 is 0. The van der Waals surface area contributed by atoms with Crippen LogP contribution < -0.4 is 5.32 Å². The molecule has 1 aliphatic heterocycles. The molecule has 2 rings (SSSR count). The summed E-state index contributed by atoms with van der Waals surface area (Å²) in [4.78, 5) is 5.17. The molecule has 0 radical (unpaired) electrons. The molecule has 1 N–H and O–H groups in total. The molecule has 1 saturated heterocycles. The zero-order chi connectivity index (χ0) is 11.4. The normalized spacial score (nSPS) is 34.1. The van der Waals surface area contributed by atoms with Gasteiger partial charge in [0, 0.05) is 38.3 Å². The smallest absolute Gasteiger partial charge is 0.0113 e. The molecular formula is C13H27N3. The van der Waals surface area contributed by atoms with Crippen molar-refractivity contribution in [3.63, 3.8) is 0 Å². The molecule has 0 aromatic heterocycles. The van der Waals surface area contributed by atoms with Crippen molar-refractivity contribution in [2.75, 3.05) is 39.8 Å². The van der Waals surface area contributed by atoms with Crippen LogP contribution >= 0.6 is 0 Å². The summed E-state index contributed by atoms with van der Waals surface area (Å²) in [5.41, 5.74) is 0. The highest BCUT2D eigenvalue weighted by Crippen LogP contribution is 2.23. The van der Waals surface area contributed by atoms with E-state index in [0.29, 0.717) is 0 Å². The van der Waals surface area contributed by atoms with E-state index < -0.39 is 0 Å². The monoisotopic (exact) mass is 225 g/mol. The minimum Gasteiger partial charge on any atom is -0.314 e. The standard InChI is InChI=1S/C13H27N3/c1-3-14-12-5-4-6-13(11-12)16-9-7-15(2)8-10-16/h12-14H,3-11H2,1-2H3/t12-,13-/m1/s1. The van der Waals surface area contributed by atoms with Crippen LogP contribution in [0, 0.1) is 0 Å². The van der Waals surface area contributed by atoms with Gasteiger partial charge in [-0.2, -0.15) is 0 Å². The fraction of sp³-hybridized carbons (Fsp3) is 1.00. The highest BCUT2D eigenvalue weighted by molar-refractivity contribution is 4.85. The fourth-order valence-corrected chi connectivity index (χ4v) is 3.16. The number of hydrogen-bond donors (Lipinski definition) is 1. The van der Waals surface area contributed by atoms with E-state index in [0.717, 1.165) is 18.6 Å². The molecule has 0 unspecified atom stereocenters. The quantitative estimate of drug-likeness (QED) is 0.777. The first-order valence-electron chi connectivity index (χ1n) is 6.95. The Hall–Kier alpha value is -0.120. The third-order valence-electron chi connectivity index (χ3n) is 4.19. The van der Waals surface area contributed by atoms with Gasteiger partial charge in [-0.3, -0.25) is 4.90 Å². The molecule has 0 aromatic carbocycles. The molecule has 0 spiro atoms. The zero-order valence-corrected chi connectivity index (χ0v) is 10.9. The lowest BCUT2D eigenvalue weighted by Gasteiger charge is -2.41. The van der Waals surface area contributed by atoms with Crippen molar-refractivity contribution in [3.8, 4) is 0 Å². The van der Waals surface area contributed by atoms with Crippen LogP contribution in [-0.4, -0.2) is 61.7 Å². The van der Waals surface area contributed by atoms with Gasteiger partial charge >= 0.3 is 0 Å². The molecule has 2 fully saturated rings. The predicted octanol–water partition coefficient (Wildman–Crippen LogP) is 1.15. The van der Waals surface area contributed by atoms with Crippen LogP contribution in [0.4, 0.5) is 0 Å². The van der Waals surface area contributed by atoms with Gasteiger partial charge in [-0.1, -0.05) is 13.3 Å². The first-order chi connectivity index (χ1) is 7.79. The van der Waals surface area contributed by atoms with E-state index in [2.05, 4.69) is 29.1 Å². The van der Waals surface area contributed by atoms with Crippen LogP contribution in [0.3, 0.4) is 0 Å². The second kappa shape index (κ2) is 5.99. The van der Waals surface area contributed by atoms with Gasteiger partial charge in [0.1, 0.15) is 0 Å². The molecule has 0 bridgehead atoms. The zero-order valence-electron chi connectivity index (χ0n) is 10.9. The van der Waals surface area contributed by atoms with Gasteiger partial charge < -0.3 is 10.2 Å². The van der Waals surface area contributed by atoms with Crippen molar-refractivity contribution < 1.29 is 0 Å². The summed E-state index contributed by atoms with van der Waals surface area (Å²) in [6, 6.07) is 1.63. The van der Waals surface area contributed by atoms with Gasteiger partial charge in [0.25, 0.3) is 0 Å². The van der Waals surface area contributed by atoms with Gasteiger partial charge in [-0.15, -0.1) is 0 Å². The molecule has 1 saturated carbocycles. The lowest BCUT2D eigenvalue weighted by molar-refractivity contribution is 0.0830. The Bertz CT molecular complexity index is 197. The second-order valence-corrected chi connectivity index (χ2v) is 5.41. The van der Waals surface area contributed by atoms with Crippen molar-refractivity contribution in [1.29, 1.82) is 0 Å². The van der Waals surface area contributed by atoms with Crippen LogP contribution in [0.25, 0.3) is 0 Å². The molecule has 3 nitrogen and oxygen atoms in total. The van der Waals surface area contributed by atoms with Crippen molar-refractivity contribution in [1.82, 2.24) is 15.1 Å². The maximum atomic E-state index is 3.63. The van der Waals surface area contributed by atoms with E-state index in [1.807, 2.05) is 0 Å². The third-order valence-corrected chi connectivity index (χ3v) is 4.19. The van der Waals surface area contributed by atoms with Crippen molar-refractivity contribution in [3.05, 3.63) is 0 Å². The van der Waals surface area contributed by atoms with Gasteiger partial charge in [-0.25, -0.2) is 0 Å². The number of likely N-dealkylation sites (N-methyl/N-ethyl adjacent to an activating group) is 1. The number of nitrogens with one attached hydrogen (secondary N) is 1. The van der Waals surface area contributed by atoms with Gasteiger partial charge in [0.05, 0.1) is 0 Å². The average molecular weight is 225 g/mol. The number of nitrogens with zero attached hydrogens (tertiary/aromatic N) is 2. The molecule has 2 atom stereocenters. The van der Waals surface area contributed by atoms with Crippen LogP contribution in [0.15, 0.2) is 0 Å². The summed E-state index contributed by atoms with van der Waals surface area (Å²) in [5.74, 6) is 0. The lowest BCUT2D eigenvalue weighted by Crippen LogP contribution is -2.52. The summed E-state index contributed by atoms with van der Waals surface area (Å²) >= 11 is 0. The molecule has 0 aromatic rings. The Morgan fingerprint density at radius 2 is 1.88 bits per heavy atom. The maximum Gasteiger partial charge on any atom is 0.0113 e. The van der Waals surface area contributed by atoms with Gasteiger partial charge in [0.2, 0.25) is 0 Å². The largest absolute Gasteiger partial charge is 0.314 e. The van der Waals surface area contributed by atoms with Crippen LogP contribution in [0.2, 0.25) is 0 Å². The summed E-state index contributed by atoms with van der Waals surface area (Å²) in [6.45, 7) is 8.41. The number of piperazine rings is 1. The van der Waals surface area contributed by atoms with Crippen molar-refractivity contribution in [2.24, 2.45) is 0 Å². The fourth-order valence-electron chi connectivity index (χ4n) is 3.16. The molecule has 1 heterocycles. The van der Waals surface area contributed by atoms with E-state index >= 15 is 0 Å². The molecule has 3 heteroatoms. The Balaban J connectivity index is 1.80. The van der Waals surface area contributed by atoms with E-state index in [4.69, 9.17) is 0 Å². The Labute approximate surface area is 100 Å². The van der Waals surface area contributed by atoms with Crippen molar-refractivity contribution in [2.45, 2.75) is 44.7 Å². The lowest BCUT2D eigenvalue weighted by atomic mass is 9.89. The second-order valence-electron chi connectivity index (χ2n) is 5.41. The Morgan fingerprint density at radius 1 is 1.12 bits per heavy atom. The molecule has 2 aliphatic rings. The first kappa shape index (κ1) is 12.3. The Kier molecular flexibility index (Phi) is 4.62.